The maximum atomic E-state index is 10.9. The van der Waals surface area contributed by atoms with Gasteiger partial charge in [-0.25, -0.2) is 0 Å². The smallest absolute Gasteiger partial charge is 0.0711 e. The minimum atomic E-state index is -0.493. The minimum absolute atomic E-state index is 0.493. The highest BCUT2D eigenvalue weighted by Crippen LogP contribution is 2.39. The summed E-state index contributed by atoms with van der Waals surface area (Å²) >= 11 is 0. The molecule has 0 radical (unpaired) electrons. The third kappa shape index (κ3) is 2.97. The molecule has 2 nitrogen and oxygen atoms in total. The maximum Gasteiger partial charge on any atom is 0.0711 e. The van der Waals surface area contributed by atoms with Gasteiger partial charge in [0.05, 0.1) is 5.60 Å². The van der Waals surface area contributed by atoms with Crippen molar-refractivity contribution in [3.05, 3.63) is 42.0 Å². The van der Waals surface area contributed by atoms with Crippen molar-refractivity contribution in [1.82, 2.24) is 4.90 Å². The van der Waals surface area contributed by atoms with E-state index in [1.54, 1.807) is 0 Å². The van der Waals surface area contributed by atoms with Gasteiger partial charge in [0.1, 0.15) is 0 Å². The molecule has 1 aromatic rings. The Kier molecular flexibility index (Phi) is 3.95. The van der Waals surface area contributed by atoms with Crippen LogP contribution in [0.5, 0.6) is 0 Å². The van der Waals surface area contributed by atoms with Gasteiger partial charge in [-0.15, -0.1) is 0 Å². The number of nitrogens with zero attached hydrogens (tertiary/aromatic N) is 1. The zero-order valence-electron chi connectivity index (χ0n) is 12.3. The highest BCUT2D eigenvalue weighted by atomic mass is 16.3. The summed E-state index contributed by atoms with van der Waals surface area (Å²) in [5.41, 5.74) is 0.720. The van der Waals surface area contributed by atoms with Crippen molar-refractivity contribution in [2.75, 3.05) is 7.05 Å². The first-order chi connectivity index (χ1) is 9.66. The summed E-state index contributed by atoms with van der Waals surface area (Å²) in [6, 6.07) is 11.5. The minimum Gasteiger partial charge on any atom is -0.389 e. The van der Waals surface area contributed by atoms with Gasteiger partial charge in [0.2, 0.25) is 0 Å². The first-order valence-corrected chi connectivity index (χ1v) is 7.82. The largest absolute Gasteiger partial charge is 0.389 e. The molecule has 3 rings (SSSR count). The summed E-state index contributed by atoms with van der Waals surface area (Å²) in [5, 5.41) is 10.9. The van der Waals surface area contributed by atoms with Crippen LogP contribution in [0.15, 0.2) is 36.4 Å². The van der Waals surface area contributed by atoms with Crippen molar-refractivity contribution in [2.24, 2.45) is 0 Å². The van der Waals surface area contributed by atoms with Crippen molar-refractivity contribution in [1.29, 1.82) is 0 Å². The van der Waals surface area contributed by atoms with E-state index in [2.05, 4.69) is 36.2 Å². The predicted molar refractivity (Wildman–Crippen MR) is 83.5 cm³/mol. The van der Waals surface area contributed by atoms with Gasteiger partial charge in [-0.05, 0) is 44.7 Å². The highest BCUT2D eigenvalue weighted by molar-refractivity contribution is 5.48. The van der Waals surface area contributed by atoms with E-state index >= 15 is 0 Å². The van der Waals surface area contributed by atoms with Crippen LogP contribution < -0.4 is 0 Å². The number of fused-ring (bicyclic) bond motifs is 2. The van der Waals surface area contributed by atoms with Gasteiger partial charge in [0.25, 0.3) is 0 Å². The molecule has 20 heavy (non-hydrogen) atoms. The molecule has 0 aromatic heterocycles. The summed E-state index contributed by atoms with van der Waals surface area (Å²) in [6.45, 7) is 0. The molecule has 0 saturated carbocycles. The van der Waals surface area contributed by atoms with Crippen LogP contribution in [0.25, 0.3) is 6.08 Å². The van der Waals surface area contributed by atoms with Gasteiger partial charge >= 0.3 is 0 Å². The molecule has 2 saturated heterocycles. The topological polar surface area (TPSA) is 23.5 Å². The van der Waals surface area contributed by atoms with Gasteiger partial charge < -0.3 is 10.0 Å². The Morgan fingerprint density at radius 1 is 1.20 bits per heavy atom. The Balaban J connectivity index is 1.63. The molecule has 2 unspecified atom stereocenters. The van der Waals surface area contributed by atoms with Gasteiger partial charge in [-0.2, -0.15) is 0 Å². The maximum absolute atomic E-state index is 10.9. The first-order valence-electron chi connectivity index (χ1n) is 7.82. The van der Waals surface area contributed by atoms with E-state index in [0.717, 1.165) is 19.3 Å². The van der Waals surface area contributed by atoms with Crippen molar-refractivity contribution in [2.45, 2.75) is 56.2 Å². The van der Waals surface area contributed by atoms with E-state index in [1.807, 2.05) is 18.2 Å². The predicted octanol–water partition coefficient (Wildman–Crippen LogP) is 3.47. The van der Waals surface area contributed by atoms with Crippen LogP contribution in [0.2, 0.25) is 0 Å². The van der Waals surface area contributed by atoms with E-state index in [0.29, 0.717) is 12.1 Å². The quantitative estimate of drug-likeness (QED) is 0.910. The van der Waals surface area contributed by atoms with Crippen LogP contribution in [-0.2, 0) is 0 Å². The van der Waals surface area contributed by atoms with Crippen molar-refractivity contribution < 1.29 is 5.11 Å². The molecule has 1 N–H and O–H groups in total. The number of benzene rings is 1. The molecule has 2 aliphatic heterocycles. The van der Waals surface area contributed by atoms with Crippen LogP contribution in [-0.4, -0.2) is 34.7 Å². The lowest BCUT2D eigenvalue weighted by Crippen LogP contribution is -2.56. The molecular formula is C18H25NO. The molecule has 108 valence electrons. The number of hydrogen-bond donors (Lipinski definition) is 1. The van der Waals surface area contributed by atoms with Crippen molar-refractivity contribution in [3.8, 4) is 0 Å². The summed E-state index contributed by atoms with van der Waals surface area (Å²) < 4.78 is 0. The standard InChI is InChI=1S/C18H25NO/c1-19-16-10-5-11-17(19)14-18(20,13-16)12-6-9-15-7-3-2-4-8-15/h2-4,6-9,16-17,20H,5,10-14H2,1H3/b9-6+. The zero-order chi connectivity index (χ0) is 14.0. The zero-order valence-corrected chi connectivity index (χ0v) is 12.3. The number of aliphatic hydroxyl groups is 1. The summed E-state index contributed by atoms with van der Waals surface area (Å²) in [7, 11) is 2.23. The van der Waals surface area contributed by atoms with Crippen LogP contribution in [0, 0.1) is 0 Å². The molecule has 2 heterocycles. The van der Waals surface area contributed by atoms with Crippen LogP contribution in [0.1, 0.15) is 44.1 Å². The van der Waals surface area contributed by atoms with Crippen molar-refractivity contribution in [3.63, 3.8) is 0 Å². The fourth-order valence-corrected chi connectivity index (χ4v) is 3.89. The van der Waals surface area contributed by atoms with E-state index in [-0.39, 0.29) is 0 Å². The van der Waals surface area contributed by atoms with Gasteiger partial charge in [0, 0.05) is 12.1 Å². The third-order valence-corrected chi connectivity index (χ3v) is 5.07. The average molecular weight is 271 g/mol. The molecule has 2 atom stereocenters. The van der Waals surface area contributed by atoms with Crippen molar-refractivity contribution >= 4 is 6.08 Å². The second-order valence-electron chi connectivity index (χ2n) is 6.55. The van der Waals surface area contributed by atoms with E-state index < -0.39 is 5.60 Å². The number of piperidine rings is 2. The third-order valence-electron chi connectivity index (χ3n) is 5.07. The molecule has 2 heteroatoms. The SMILES string of the molecule is CN1C2CCCC1CC(O)(C/C=C/c1ccccc1)C2. The van der Waals surface area contributed by atoms with E-state index in [4.69, 9.17) is 0 Å². The molecular weight excluding hydrogens is 246 g/mol. The van der Waals surface area contributed by atoms with Gasteiger partial charge in [-0.3, -0.25) is 0 Å². The van der Waals surface area contributed by atoms with Crippen LogP contribution in [0.4, 0.5) is 0 Å². The monoisotopic (exact) mass is 271 g/mol. The molecule has 2 fully saturated rings. The Morgan fingerprint density at radius 3 is 2.50 bits per heavy atom. The number of hydrogen-bond acceptors (Lipinski definition) is 2. The summed E-state index contributed by atoms with van der Waals surface area (Å²) in [4.78, 5) is 2.50. The van der Waals surface area contributed by atoms with Crippen LogP contribution >= 0.6 is 0 Å². The molecule has 0 aliphatic carbocycles. The Hall–Kier alpha value is -1.12. The Morgan fingerprint density at radius 2 is 1.85 bits per heavy atom. The highest BCUT2D eigenvalue weighted by Gasteiger charge is 2.43. The second kappa shape index (κ2) is 5.71. The van der Waals surface area contributed by atoms with E-state index in [9.17, 15) is 5.11 Å². The van der Waals surface area contributed by atoms with Gasteiger partial charge in [-0.1, -0.05) is 48.9 Å². The van der Waals surface area contributed by atoms with Crippen LogP contribution in [0.3, 0.4) is 0 Å². The lowest BCUT2D eigenvalue weighted by atomic mass is 9.74. The molecule has 0 amide bonds. The normalized spacial score (nSPS) is 34.5. The fraction of sp³-hybridized carbons (Fsp3) is 0.556. The molecule has 1 aromatic carbocycles. The second-order valence-corrected chi connectivity index (χ2v) is 6.55. The lowest BCUT2D eigenvalue weighted by molar-refractivity contribution is -0.0804. The molecule has 2 bridgehead atoms. The lowest BCUT2D eigenvalue weighted by Gasteiger charge is -2.50. The average Bonchev–Trinajstić information content (AvgIpc) is 2.42. The Labute approximate surface area is 122 Å². The number of rotatable bonds is 3. The Bertz CT molecular complexity index is 454. The fourth-order valence-electron chi connectivity index (χ4n) is 3.89. The van der Waals surface area contributed by atoms with E-state index in [1.165, 1.54) is 24.8 Å². The molecule has 0 spiro atoms. The summed E-state index contributed by atoms with van der Waals surface area (Å²) in [5.74, 6) is 0. The first kappa shape index (κ1) is 13.8. The summed E-state index contributed by atoms with van der Waals surface area (Å²) in [6.07, 6.45) is 10.7. The van der Waals surface area contributed by atoms with Gasteiger partial charge in [0.15, 0.2) is 0 Å². The molecule has 2 aliphatic rings.